The second kappa shape index (κ2) is 5.32. The van der Waals surface area contributed by atoms with Gasteiger partial charge in [-0.25, -0.2) is 4.79 Å². The van der Waals surface area contributed by atoms with Crippen molar-refractivity contribution in [3.8, 4) is 0 Å². The van der Waals surface area contributed by atoms with Gasteiger partial charge in [0.25, 0.3) is 0 Å². The summed E-state index contributed by atoms with van der Waals surface area (Å²) in [5.74, 6) is 0.239. The molecule has 0 aliphatic heterocycles. The van der Waals surface area contributed by atoms with Crippen LogP contribution in [0.25, 0.3) is 0 Å². The molecule has 0 aromatic heterocycles. The van der Waals surface area contributed by atoms with E-state index in [1.807, 2.05) is 0 Å². The molecular formula is C10H8ClNO2. The van der Waals surface area contributed by atoms with Crippen molar-refractivity contribution in [3.63, 3.8) is 0 Å². The fraction of sp³-hybridized carbons (Fsp3) is 0.200. The Morgan fingerprint density at radius 2 is 2.29 bits per heavy atom. The Morgan fingerprint density at radius 1 is 1.50 bits per heavy atom. The molecule has 0 saturated carbocycles. The first-order valence-electron chi connectivity index (χ1n) is 4.05. The van der Waals surface area contributed by atoms with Crippen LogP contribution < -0.4 is 0 Å². The number of isocyanates is 1. The quantitative estimate of drug-likeness (QED) is 0.331. The van der Waals surface area contributed by atoms with E-state index in [9.17, 15) is 9.59 Å². The van der Waals surface area contributed by atoms with E-state index in [0.717, 1.165) is 0 Å². The van der Waals surface area contributed by atoms with Gasteiger partial charge in [-0.05, 0) is 12.1 Å². The van der Waals surface area contributed by atoms with Crippen molar-refractivity contribution < 1.29 is 9.59 Å². The van der Waals surface area contributed by atoms with Gasteiger partial charge in [-0.2, -0.15) is 4.99 Å². The Labute approximate surface area is 86.4 Å². The third kappa shape index (κ3) is 2.80. The second-order valence-electron chi connectivity index (χ2n) is 2.62. The van der Waals surface area contributed by atoms with Crippen LogP contribution in [-0.4, -0.2) is 17.7 Å². The number of hydrogen-bond donors (Lipinski definition) is 0. The molecule has 0 amide bonds. The fourth-order valence-electron chi connectivity index (χ4n) is 1.03. The molecule has 3 nitrogen and oxygen atoms in total. The Hall–Kier alpha value is -1.44. The van der Waals surface area contributed by atoms with Crippen LogP contribution in [-0.2, 0) is 4.79 Å². The largest absolute Gasteiger partial charge is 0.294 e. The minimum atomic E-state index is -0.0528. The van der Waals surface area contributed by atoms with Gasteiger partial charge < -0.3 is 0 Å². The number of carbonyl (C=O) groups excluding carboxylic acids is 2. The van der Waals surface area contributed by atoms with Crippen LogP contribution in [0.2, 0.25) is 0 Å². The molecule has 0 fully saturated rings. The Kier molecular flexibility index (Phi) is 4.05. The third-order valence-corrected chi connectivity index (χ3v) is 1.85. The summed E-state index contributed by atoms with van der Waals surface area (Å²) in [5, 5.41) is 0. The van der Waals surface area contributed by atoms with Crippen molar-refractivity contribution in [2.75, 3.05) is 5.88 Å². The normalized spacial score (nSPS) is 9.21. The summed E-state index contributed by atoms with van der Waals surface area (Å²) in [7, 11) is 0. The standard InChI is InChI=1S/C10H8ClNO2/c11-5-4-10(14)8-2-1-3-9(6-8)12-7-13/h1-3,6H,4-5H2. The van der Waals surface area contributed by atoms with Crippen LogP contribution in [0.3, 0.4) is 0 Å². The molecule has 72 valence electrons. The van der Waals surface area contributed by atoms with Gasteiger partial charge in [0.2, 0.25) is 6.08 Å². The molecule has 0 aliphatic rings. The average Bonchev–Trinajstić information content (AvgIpc) is 2.19. The molecule has 1 aromatic rings. The summed E-state index contributed by atoms with van der Waals surface area (Å²) in [4.78, 5) is 24.8. The molecule has 0 saturated heterocycles. The first kappa shape index (κ1) is 10.6. The number of benzene rings is 1. The number of nitrogens with zero attached hydrogens (tertiary/aromatic N) is 1. The number of carbonyl (C=O) groups is 1. The first-order chi connectivity index (χ1) is 6.77. The van der Waals surface area contributed by atoms with Crippen molar-refractivity contribution in [2.24, 2.45) is 4.99 Å². The summed E-state index contributed by atoms with van der Waals surface area (Å²) < 4.78 is 0. The lowest BCUT2D eigenvalue weighted by Crippen LogP contribution is -1.98. The summed E-state index contributed by atoms with van der Waals surface area (Å²) in [6, 6.07) is 6.50. The number of hydrogen-bond acceptors (Lipinski definition) is 3. The Balaban J connectivity index is 2.93. The van der Waals surface area contributed by atoms with Crippen molar-refractivity contribution in [2.45, 2.75) is 6.42 Å². The fourth-order valence-corrected chi connectivity index (χ4v) is 1.20. The molecule has 1 rings (SSSR count). The second-order valence-corrected chi connectivity index (χ2v) is 2.99. The van der Waals surface area contributed by atoms with Crippen LogP contribution in [0.4, 0.5) is 5.69 Å². The van der Waals surface area contributed by atoms with Crippen LogP contribution in [0, 0.1) is 0 Å². The van der Waals surface area contributed by atoms with Gasteiger partial charge in [-0.1, -0.05) is 12.1 Å². The van der Waals surface area contributed by atoms with E-state index in [1.54, 1.807) is 24.3 Å². The van der Waals surface area contributed by atoms with Crippen LogP contribution >= 0.6 is 11.6 Å². The third-order valence-electron chi connectivity index (χ3n) is 1.66. The van der Waals surface area contributed by atoms with Gasteiger partial charge in [0, 0.05) is 17.9 Å². The molecule has 0 atom stereocenters. The van der Waals surface area contributed by atoms with Crippen LogP contribution in [0.5, 0.6) is 0 Å². The Morgan fingerprint density at radius 3 is 2.93 bits per heavy atom. The zero-order valence-corrected chi connectivity index (χ0v) is 8.12. The van der Waals surface area contributed by atoms with Gasteiger partial charge in [0.05, 0.1) is 5.69 Å². The Bertz CT molecular complexity index is 383. The van der Waals surface area contributed by atoms with Crippen molar-refractivity contribution in [3.05, 3.63) is 29.8 Å². The summed E-state index contributed by atoms with van der Waals surface area (Å²) in [5.41, 5.74) is 0.947. The first-order valence-corrected chi connectivity index (χ1v) is 4.58. The number of ketones is 1. The zero-order chi connectivity index (χ0) is 10.4. The van der Waals surface area contributed by atoms with E-state index < -0.39 is 0 Å². The minimum Gasteiger partial charge on any atom is -0.294 e. The van der Waals surface area contributed by atoms with Crippen LogP contribution in [0.1, 0.15) is 16.8 Å². The van der Waals surface area contributed by atoms with E-state index >= 15 is 0 Å². The molecule has 0 unspecified atom stereocenters. The van der Waals surface area contributed by atoms with Crippen molar-refractivity contribution in [1.29, 1.82) is 0 Å². The average molecular weight is 210 g/mol. The van der Waals surface area contributed by atoms with E-state index in [4.69, 9.17) is 11.6 Å². The summed E-state index contributed by atoms with van der Waals surface area (Å²) >= 11 is 5.44. The van der Waals surface area contributed by atoms with Gasteiger partial charge in [0.15, 0.2) is 5.78 Å². The number of Topliss-reactive ketones (excluding diaryl/α,β-unsaturated/α-hetero) is 1. The molecule has 0 aliphatic carbocycles. The maximum absolute atomic E-state index is 11.4. The van der Waals surface area contributed by atoms with E-state index in [1.165, 1.54) is 6.08 Å². The predicted octanol–water partition coefficient (Wildman–Crippen LogP) is 2.47. The molecule has 14 heavy (non-hydrogen) atoms. The highest BCUT2D eigenvalue weighted by atomic mass is 35.5. The van der Waals surface area contributed by atoms with Crippen molar-refractivity contribution >= 4 is 29.2 Å². The maximum atomic E-state index is 11.4. The molecule has 0 bridgehead atoms. The molecule has 0 spiro atoms. The highest BCUT2D eigenvalue weighted by molar-refractivity contribution is 6.19. The van der Waals surface area contributed by atoms with Gasteiger partial charge >= 0.3 is 0 Å². The summed E-state index contributed by atoms with van der Waals surface area (Å²) in [6.45, 7) is 0. The summed E-state index contributed by atoms with van der Waals surface area (Å²) in [6.07, 6.45) is 1.71. The molecule has 0 N–H and O–H groups in total. The van der Waals surface area contributed by atoms with E-state index in [0.29, 0.717) is 17.1 Å². The van der Waals surface area contributed by atoms with E-state index in [2.05, 4.69) is 4.99 Å². The lowest BCUT2D eigenvalue weighted by molar-refractivity contribution is 0.0989. The molecule has 0 heterocycles. The van der Waals surface area contributed by atoms with Gasteiger partial charge in [-0.15, -0.1) is 11.6 Å². The number of rotatable bonds is 4. The highest BCUT2D eigenvalue weighted by Crippen LogP contribution is 2.14. The maximum Gasteiger partial charge on any atom is 0.240 e. The molecular weight excluding hydrogens is 202 g/mol. The minimum absolute atomic E-state index is 0.0528. The SMILES string of the molecule is O=C=Nc1cccc(C(=O)CCCl)c1. The van der Waals surface area contributed by atoms with Crippen LogP contribution in [0.15, 0.2) is 29.3 Å². The molecule has 1 aromatic carbocycles. The van der Waals surface area contributed by atoms with Gasteiger partial charge in [0.1, 0.15) is 0 Å². The predicted molar refractivity (Wildman–Crippen MR) is 53.9 cm³/mol. The molecule has 4 heteroatoms. The highest BCUT2D eigenvalue weighted by Gasteiger charge is 2.04. The lowest BCUT2D eigenvalue weighted by atomic mass is 10.1. The topological polar surface area (TPSA) is 46.5 Å². The number of alkyl halides is 1. The van der Waals surface area contributed by atoms with Gasteiger partial charge in [-0.3, -0.25) is 4.79 Å². The molecule has 0 radical (unpaired) electrons. The number of aliphatic imine (C=N–C) groups is 1. The lowest BCUT2D eigenvalue weighted by Gasteiger charge is -1.98. The van der Waals surface area contributed by atoms with E-state index in [-0.39, 0.29) is 12.2 Å². The van der Waals surface area contributed by atoms with Crippen molar-refractivity contribution in [1.82, 2.24) is 0 Å². The zero-order valence-electron chi connectivity index (χ0n) is 7.37. The monoisotopic (exact) mass is 209 g/mol. The smallest absolute Gasteiger partial charge is 0.240 e. The number of halogens is 1.